The van der Waals surface area contributed by atoms with E-state index in [4.69, 9.17) is 0 Å². The van der Waals surface area contributed by atoms with Gasteiger partial charge in [0.05, 0.1) is 12.0 Å². The van der Waals surface area contributed by atoms with Gasteiger partial charge in [-0.25, -0.2) is 0 Å². The predicted molar refractivity (Wildman–Crippen MR) is 101 cm³/mol. The molecule has 3 atom stereocenters. The Morgan fingerprint density at radius 2 is 1.86 bits per heavy atom. The molecule has 22 heavy (non-hydrogen) atoms. The minimum absolute atomic E-state index is 0.0925. The molecule has 2 nitrogen and oxygen atoms in total. The van der Waals surface area contributed by atoms with Crippen molar-refractivity contribution in [3.05, 3.63) is 35.9 Å². The Hall–Kier alpha value is -1.02. The standard InChI is InChI=1S/C18H27NOSSi/c1-6-16(18(20)21)17(12-13-22(3,4)5)19-14(2)15-10-8-7-9-11-15/h7-11,14,16-17,19H,6H2,1-5H3,(H,20,21)/t14-,16?,17?/m0/s1. The van der Waals surface area contributed by atoms with Crippen molar-refractivity contribution in [3.8, 4) is 11.5 Å². The summed E-state index contributed by atoms with van der Waals surface area (Å²) >= 11 is 4.05. The van der Waals surface area contributed by atoms with Gasteiger partial charge in [-0.15, -0.1) is 18.2 Å². The number of benzene rings is 1. The van der Waals surface area contributed by atoms with Crippen LogP contribution in [0.3, 0.4) is 0 Å². The van der Waals surface area contributed by atoms with Crippen LogP contribution in [0.4, 0.5) is 0 Å². The van der Waals surface area contributed by atoms with Crippen LogP contribution >= 0.6 is 12.6 Å². The van der Waals surface area contributed by atoms with E-state index in [0.29, 0.717) is 0 Å². The number of carbonyl (C=O) groups excluding carboxylic acids is 1. The maximum Gasteiger partial charge on any atom is 0.191 e. The van der Waals surface area contributed by atoms with E-state index in [-0.39, 0.29) is 23.1 Å². The first-order valence-corrected chi connectivity index (χ1v) is 11.8. The highest BCUT2D eigenvalue weighted by molar-refractivity contribution is 7.96. The van der Waals surface area contributed by atoms with Crippen molar-refractivity contribution in [3.63, 3.8) is 0 Å². The minimum Gasteiger partial charge on any atom is -0.296 e. The van der Waals surface area contributed by atoms with Gasteiger partial charge in [0.2, 0.25) is 0 Å². The Bertz CT molecular complexity index is 542. The van der Waals surface area contributed by atoms with Gasteiger partial charge in [0.15, 0.2) is 5.12 Å². The lowest BCUT2D eigenvalue weighted by atomic mass is 9.97. The Balaban J connectivity index is 2.99. The molecular weight excluding hydrogens is 306 g/mol. The van der Waals surface area contributed by atoms with Gasteiger partial charge in [-0.05, 0) is 18.9 Å². The Morgan fingerprint density at radius 3 is 2.32 bits per heavy atom. The number of carbonyl (C=O) groups is 1. The molecule has 4 heteroatoms. The highest BCUT2D eigenvalue weighted by atomic mass is 32.1. The summed E-state index contributed by atoms with van der Waals surface area (Å²) in [6.45, 7) is 10.7. The Labute approximate surface area is 141 Å². The first-order valence-electron chi connectivity index (χ1n) is 7.81. The highest BCUT2D eigenvalue weighted by Crippen LogP contribution is 2.18. The lowest BCUT2D eigenvalue weighted by molar-refractivity contribution is -0.114. The van der Waals surface area contributed by atoms with Gasteiger partial charge in [0.25, 0.3) is 0 Å². The van der Waals surface area contributed by atoms with Gasteiger partial charge in [-0.3, -0.25) is 10.1 Å². The molecule has 0 bridgehead atoms. The number of rotatable bonds is 6. The van der Waals surface area contributed by atoms with E-state index in [0.717, 1.165) is 6.42 Å². The van der Waals surface area contributed by atoms with Gasteiger partial charge in [-0.2, -0.15) is 0 Å². The Kier molecular flexibility index (Phi) is 7.41. The minimum atomic E-state index is -1.48. The molecule has 0 aliphatic heterocycles. The molecule has 0 aliphatic carbocycles. The zero-order chi connectivity index (χ0) is 16.8. The lowest BCUT2D eigenvalue weighted by Crippen LogP contribution is -2.39. The number of thiol groups is 1. The summed E-state index contributed by atoms with van der Waals surface area (Å²) in [5.74, 6) is 3.14. The molecule has 0 saturated carbocycles. The van der Waals surface area contributed by atoms with E-state index < -0.39 is 8.07 Å². The van der Waals surface area contributed by atoms with Crippen LogP contribution in [-0.2, 0) is 4.79 Å². The van der Waals surface area contributed by atoms with E-state index in [1.807, 2.05) is 25.1 Å². The molecule has 0 spiro atoms. The summed E-state index contributed by atoms with van der Waals surface area (Å²) in [7, 11) is -1.48. The van der Waals surface area contributed by atoms with Gasteiger partial charge in [0, 0.05) is 6.04 Å². The monoisotopic (exact) mass is 333 g/mol. The topological polar surface area (TPSA) is 29.1 Å². The fraction of sp³-hybridized carbons (Fsp3) is 0.500. The molecule has 1 N–H and O–H groups in total. The second kappa shape index (κ2) is 8.57. The SMILES string of the molecule is CCC(C(=O)S)C(C#C[Si](C)(C)C)N[C@@H](C)c1ccccc1. The van der Waals surface area contributed by atoms with Crippen molar-refractivity contribution >= 4 is 25.8 Å². The molecule has 1 aromatic carbocycles. The van der Waals surface area contributed by atoms with Crippen LogP contribution in [0.1, 0.15) is 31.9 Å². The van der Waals surface area contributed by atoms with Crippen LogP contribution in [-0.4, -0.2) is 19.2 Å². The molecule has 0 saturated heterocycles. The van der Waals surface area contributed by atoms with Crippen LogP contribution in [0.25, 0.3) is 0 Å². The molecule has 1 rings (SSSR count). The molecule has 0 aromatic heterocycles. The highest BCUT2D eigenvalue weighted by Gasteiger charge is 2.25. The van der Waals surface area contributed by atoms with Crippen LogP contribution < -0.4 is 5.32 Å². The summed E-state index contributed by atoms with van der Waals surface area (Å²) < 4.78 is 0. The van der Waals surface area contributed by atoms with Gasteiger partial charge in [0.1, 0.15) is 8.07 Å². The maximum atomic E-state index is 11.8. The van der Waals surface area contributed by atoms with E-state index in [9.17, 15) is 4.79 Å². The van der Waals surface area contributed by atoms with Crippen molar-refractivity contribution in [2.24, 2.45) is 5.92 Å². The van der Waals surface area contributed by atoms with Crippen LogP contribution in [0.15, 0.2) is 30.3 Å². The third-order valence-corrected chi connectivity index (χ3v) is 4.72. The fourth-order valence-electron chi connectivity index (χ4n) is 2.21. The third-order valence-electron chi connectivity index (χ3n) is 3.49. The normalized spacial score (nSPS) is 15.4. The summed E-state index contributed by atoms with van der Waals surface area (Å²) in [4.78, 5) is 11.8. The lowest BCUT2D eigenvalue weighted by Gasteiger charge is -2.25. The second-order valence-electron chi connectivity index (χ2n) is 6.65. The van der Waals surface area contributed by atoms with Crippen LogP contribution in [0, 0.1) is 17.4 Å². The number of hydrogen-bond acceptors (Lipinski definition) is 2. The summed E-state index contributed by atoms with van der Waals surface area (Å²) in [5.41, 5.74) is 4.59. The summed E-state index contributed by atoms with van der Waals surface area (Å²) in [6.07, 6.45) is 0.738. The maximum absolute atomic E-state index is 11.8. The van der Waals surface area contributed by atoms with Crippen molar-refractivity contribution in [1.82, 2.24) is 5.32 Å². The molecule has 0 aliphatic rings. The quantitative estimate of drug-likeness (QED) is 0.467. The van der Waals surface area contributed by atoms with E-state index >= 15 is 0 Å². The average molecular weight is 334 g/mol. The van der Waals surface area contributed by atoms with Crippen LogP contribution in [0.2, 0.25) is 19.6 Å². The largest absolute Gasteiger partial charge is 0.296 e. The molecule has 0 radical (unpaired) electrons. The smallest absolute Gasteiger partial charge is 0.191 e. The molecule has 0 heterocycles. The second-order valence-corrected chi connectivity index (χ2v) is 11.8. The van der Waals surface area contributed by atoms with E-state index in [2.05, 4.69) is 68.1 Å². The first-order chi connectivity index (χ1) is 10.2. The molecule has 120 valence electrons. The van der Waals surface area contributed by atoms with Gasteiger partial charge in [-0.1, -0.05) is 62.8 Å². The Morgan fingerprint density at radius 1 is 1.27 bits per heavy atom. The fourth-order valence-corrected chi connectivity index (χ4v) is 3.13. The average Bonchev–Trinajstić information content (AvgIpc) is 2.45. The molecule has 2 unspecified atom stereocenters. The number of hydrogen-bond donors (Lipinski definition) is 2. The van der Waals surface area contributed by atoms with Crippen LogP contribution in [0.5, 0.6) is 0 Å². The zero-order valence-electron chi connectivity index (χ0n) is 14.2. The molecular formula is C18H27NOSSi. The molecule has 0 amide bonds. The van der Waals surface area contributed by atoms with Crippen molar-refractivity contribution < 1.29 is 4.79 Å². The van der Waals surface area contributed by atoms with Gasteiger partial charge >= 0.3 is 0 Å². The van der Waals surface area contributed by atoms with Crippen molar-refractivity contribution in [2.45, 2.75) is 52.0 Å². The van der Waals surface area contributed by atoms with Gasteiger partial charge < -0.3 is 0 Å². The summed E-state index contributed by atoms with van der Waals surface area (Å²) in [6, 6.07) is 10.2. The van der Waals surface area contributed by atoms with Crippen molar-refractivity contribution in [2.75, 3.05) is 0 Å². The van der Waals surface area contributed by atoms with Crippen molar-refractivity contribution in [1.29, 1.82) is 0 Å². The molecule has 0 fully saturated rings. The third kappa shape index (κ3) is 6.39. The molecule has 1 aromatic rings. The van der Waals surface area contributed by atoms with E-state index in [1.165, 1.54) is 5.56 Å². The summed E-state index contributed by atoms with van der Waals surface area (Å²) in [5, 5.41) is 3.42. The van der Waals surface area contributed by atoms with E-state index in [1.54, 1.807) is 0 Å². The predicted octanol–water partition coefficient (Wildman–Crippen LogP) is 4.07. The zero-order valence-corrected chi connectivity index (χ0v) is 16.1. The number of nitrogens with one attached hydrogen (secondary N) is 1. The first kappa shape index (κ1) is 19.0.